The number of anilines is 2. The van der Waals surface area contributed by atoms with Gasteiger partial charge in [-0.2, -0.15) is 0 Å². The fourth-order valence-corrected chi connectivity index (χ4v) is 3.78. The Morgan fingerprint density at radius 1 is 1.21 bits per heavy atom. The molecule has 2 aromatic carbocycles. The largest absolute Gasteiger partial charge is 0.385 e. The van der Waals surface area contributed by atoms with Gasteiger partial charge in [0.2, 0.25) is 11.9 Å². The van der Waals surface area contributed by atoms with Gasteiger partial charge in [-0.05, 0) is 43.2 Å². The maximum Gasteiger partial charge on any atom is 0.253 e. The summed E-state index contributed by atoms with van der Waals surface area (Å²) in [4.78, 5) is 32.2. The second-order valence-corrected chi connectivity index (χ2v) is 7.24. The van der Waals surface area contributed by atoms with Crippen molar-refractivity contribution in [2.75, 3.05) is 30.5 Å². The van der Waals surface area contributed by atoms with Gasteiger partial charge in [-0.3, -0.25) is 19.1 Å². The minimum absolute atomic E-state index is 0.0565. The molecule has 0 unspecified atom stereocenters. The molecule has 3 aromatic rings. The molecule has 7 heteroatoms. The number of carbonyl (C=O) groups excluding carboxylic acids is 2. The predicted molar refractivity (Wildman–Crippen MR) is 112 cm³/mol. The smallest absolute Gasteiger partial charge is 0.253 e. The fraction of sp³-hybridized carbons (Fsp3) is 0.318. The van der Waals surface area contributed by atoms with Crippen molar-refractivity contribution in [2.24, 2.45) is 0 Å². The summed E-state index contributed by atoms with van der Waals surface area (Å²) in [6, 6.07) is 14.7. The van der Waals surface area contributed by atoms with Crippen LogP contribution in [0.3, 0.4) is 0 Å². The third-order valence-corrected chi connectivity index (χ3v) is 5.09. The number of ether oxygens (including phenoxy) is 1. The van der Waals surface area contributed by atoms with Crippen LogP contribution in [-0.4, -0.2) is 41.6 Å². The van der Waals surface area contributed by atoms with Gasteiger partial charge in [0.05, 0.1) is 17.5 Å². The van der Waals surface area contributed by atoms with Crippen molar-refractivity contribution in [3.05, 3.63) is 54.1 Å². The van der Waals surface area contributed by atoms with Crippen molar-refractivity contribution < 1.29 is 14.3 Å². The second kappa shape index (κ2) is 8.05. The average molecular weight is 392 g/mol. The summed E-state index contributed by atoms with van der Waals surface area (Å²) in [5.74, 6) is 0.297. The minimum atomic E-state index is -0.607. The number of carbonyl (C=O) groups is 2. The van der Waals surface area contributed by atoms with Crippen LogP contribution in [0.25, 0.3) is 11.0 Å². The van der Waals surface area contributed by atoms with E-state index in [1.54, 1.807) is 12.0 Å². The third kappa shape index (κ3) is 3.73. The highest BCUT2D eigenvalue weighted by atomic mass is 16.5. The van der Waals surface area contributed by atoms with Crippen LogP contribution in [0, 0.1) is 6.92 Å². The number of methoxy groups -OCH3 is 1. The van der Waals surface area contributed by atoms with Gasteiger partial charge in [0.1, 0.15) is 6.04 Å². The van der Waals surface area contributed by atoms with Crippen LogP contribution >= 0.6 is 0 Å². The normalized spacial score (nSPS) is 15.7. The molecule has 0 saturated carbocycles. The lowest BCUT2D eigenvalue weighted by atomic mass is 10.1. The van der Waals surface area contributed by atoms with E-state index in [0.717, 1.165) is 22.3 Å². The van der Waals surface area contributed by atoms with Gasteiger partial charge < -0.3 is 10.1 Å². The fourth-order valence-electron chi connectivity index (χ4n) is 3.78. The Bertz CT molecular complexity index is 1060. The summed E-state index contributed by atoms with van der Waals surface area (Å²) < 4.78 is 7.01. The number of hydrogen-bond acceptors (Lipinski definition) is 4. The molecule has 0 saturated heterocycles. The first-order chi connectivity index (χ1) is 14.1. The lowest BCUT2D eigenvalue weighted by molar-refractivity contribution is -0.124. The maximum absolute atomic E-state index is 13.1. The quantitative estimate of drug-likeness (QED) is 0.626. The van der Waals surface area contributed by atoms with E-state index in [-0.39, 0.29) is 18.2 Å². The number of benzene rings is 2. The van der Waals surface area contributed by atoms with Crippen LogP contribution in [0.1, 0.15) is 24.4 Å². The Labute approximate surface area is 169 Å². The summed E-state index contributed by atoms with van der Waals surface area (Å²) in [7, 11) is 1.64. The zero-order valence-electron chi connectivity index (χ0n) is 16.6. The number of aromatic nitrogens is 2. The topological polar surface area (TPSA) is 76.5 Å². The van der Waals surface area contributed by atoms with Gasteiger partial charge in [0, 0.05) is 25.9 Å². The van der Waals surface area contributed by atoms with Crippen molar-refractivity contribution in [1.82, 2.24) is 9.55 Å². The standard InChI is InChI=1S/C22H24N4O3/c1-15-7-5-8-16(13-15)23-20(27)14-19-21(28)25(11-6-12-29-2)22-24-17-9-3-4-10-18(17)26(19)22/h3-5,7-10,13,19H,6,11-12,14H2,1-2H3,(H,23,27)/t19-/m0/s1. The first kappa shape index (κ1) is 19.1. The summed E-state index contributed by atoms with van der Waals surface area (Å²) in [5.41, 5.74) is 3.47. The van der Waals surface area contributed by atoms with Crippen LogP contribution in [0.4, 0.5) is 11.6 Å². The van der Waals surface area contributed by atoms with E-state index in [1.807, 2.05) is 60.0 Å². The van der Waals surface area contributed by atoms with Gasteiger partial charge in [0.15, 0.2) is 0 Å². The number of fused-ring (bicyclic) bond motifs is 3. The molecule has 1 aliphatic heterocycles. The Morgan fingerprint density at radius 3 is 2.83 bits per heavy atom. The van der Waals surface area contributed by atoms with Crippen LogP contribution in [-0.2, 0) is 14.3 Å². The molecule has 29 heavy (non-hydrogen) atoms. The van der Waals surface area contributed by atoms with E-state index in [2.05, 4.69) is 10.3 Å². The second-order valence-electron chi connectivity index (χ2n) is 7.24. The third-order valence-electron chi connectivity index (χ3n) is 5.09. The maximum atomic E-state index is 13.1. The van der Waals surface area contributed by atoms with Crippen LogP contribution in [0.5, 0.6) is 0 Å². The zero-order chi connectivity index (χ0) is 20.4. The number of para-hydroxylation sites is 2. The summed E-state index contributed by atoms with van der Waals surface area (Å²) in [6.07, 6.45) is 0.758. The Morgan fingerprint density at radius 2 is 2.03 bits per heavy atom. The van der Waals surface area contributed by atoms with E-state index in [1.165, 1.54) is 0 Å². The molecule has 1 N–H and O–H groups in total. The van der Waals surface area contributed by atoms with Crippen LogP contribution in [0.15, 0.2) is 48.5 Å². The molecule has 2 heterocycles. The molecule has 1 aliphatic rings. The van der Waals surface area contributed by atoms with Crippen LogP contribution in [0.2, 0.25) is 0 Å². The SMILES string of the molecule is COCCCN1C(=O)[C@H](CC(=O)Nc2cccc(C)c2)n2c1nc1ccccc12. The molecule has 1 aromatic heterocycles. The van der Waals surface area contributed by atoms with Crippen molar-refractivity contribution in [1.29, 1.82) is 0 Å². The molecule has 1 atom stereocenters. The summed E-state index contributed by atoms with van der Waals surface area (Å²) in [6.45, 7) is 3.03. The number of imidazole rings is 1. The number of aryl methyl sites for hydroxylation is 1. The van der Waals surface area contributed by atoms with Crippen LogP contribution < -0.4 is 10.2 Å². The Balaban J connectivity index is 1.61. The number of hydrogen-bond donors (Lipinski definition) is 1. The first-order valence-electron chi connectivity index (χ1n) is 9.72. The van der Waals surface area contributed by atoms with E-state index < -0.39 is 6.04 Å². The van der Waals surface area contributed by atoms with E-state index in [9.17, 15) is 9.59 Å². The molecule has 0 radical (unpaired) electrons. The molecule has 7 nitrogen and oxygen atoms in total. The van der Waals surface area contributed by atoms with Crippen molar-refractivity contribution in [2.45, 2.75) is 25.8 Å². The average Bonchev–Trinajstić information content (AvgIpc) is 3.18. The molecular formula is C22H24N4O3. The number of nitrogens with zero attached hydrogens (tertiary/aromatic N) is 3. The highest BCUT2D eigenvalue weighted by Crippen LogP contribution is 2.36. The monoisotopic (exact) mass is 392 g/mol. The molecule has 4 rings (SSSR count). The van der Waals surface area contributed by atoms with E-state index >= 15 is 0 Å². The molecule has 0 bridgehead atoms. The highest BCUT2D eigenvalue weighted by Gasteiger charge is 2.40. The molecular weight excluding hydrogens is 368 g/mol. The first-order valence-corrected chi connectivity index (χ1v) is 9.72. The minimum Gasteiger partial charge on any atom is -0.385 e. The predicted octanol–water partition coefficient (Wildman–Crippen LogP) is 3.30. The Hall–Kier alpha value is -3.19. The molecule has 2 amide bonds. The van der Waals surface area contributed by atoms with Crippen molar-refractivity contribution in [3.63, 3.8) is 0 Å². The number of amides is 2. The van der Waals surface area contributed by atoms with Gasteiger partial charge in [0.25, 0.3) is 5.91 Å². The molecule has 0 aliphatic carbocycles. The van der Waals surface area contributed by atoms with Gasteiger partial charge in [-0.25, -0.2) is 4.98 Å². The molecule has 150 valence electrons. The number of rotatable bonds is 7. The lowest BCUT2D eigenvalue weighted by Crippen LogP contribution is -2.32. The molecule has 0 fully saturated rings. The van der Waals surface area contributed by atoms with E-state index in [4.69, 9.17) is 4.74 Å². The van der Waals surface area contributed by atoms with E-state index in [0.29, 0.717) is 25.5 Å². The number of nitrogens with one attached hydrogen (secondary N) is 1. The van der Waals surface area contributed by atoms with Crippen molar-refractivity contribution in [3.8, 4) is 0 Å². The van der Waals surface area contributed by atoms with Gasteiger partial charge in [-0.1, -0.05) is 24.3 Å². The van der Waals surface area contributed by atoms with Gasteiger partial charge >= 0.3 is 0 Å². The van der Waals surface area contributed by atoms with Crippen molar-refractivity contribution >= 4 is 34.5 Å². The Kier molecular flexibility index (Phi) is 5.31. The summed E-state index contributed by atoms with van der Waals surface area (Å²) >= 11 is 0. The molecule has 0 spiro atoms. The van der Waals surface area contributed by atoms with Gasteiger partial charge in [-0.15, -0.1) is 0 Å². The lowest BCUT2D eigenvalue weighted by Gasteiger charge is -2.15. The summed E-state index contributed by atoms with van der Waals surface area (Å²) in [5, 5.41) is 2.90. The highest BCUT2D eigenvalue weighted by molar-refractivity contribution is 6.05. The zero-order valence-corrected chi connectivity index (χ0v) is 16.6.